The van der Waals surface area contributed by atoms with Gasteiger partial charge < -0.3 is 9.47 Å². The second kappa shape index (κ2) is 9.42. The van der Waals surface area contributed by atoms with Gasteiger partial charge in [0, 0.05) is 30.8 Å². The number of nitrogens with zero attached hydrogens (tertiary/aromatic N) is 4. The summed E-state index contributed by atoms with van der Waals surface area (Å²) in [6.07, 6.45) is 4.25. The van der Waals surface area contributed by atoms with Crippen molar-refractivity contribution in [3.63, 3.8) is 0 Å². The molecule has 0 radical (unpaired) electrons. The molecule has 3 heterocycles. The van der Waals surface area contributed by atoms with Crippen LogP contribution >= 0.6 is 0 Å². The predicted octanol–water partition coefficient (Wildman–Crippen LogP) is 2.57. The molecule has 0 saturated heterocycles. The highest BCUT2D eigenvalue weighted by Gasteiger charge is 2.33. The van der Waals surface area contributed by atoms with E-state index >= 15 is 0 Å². The molecule has 1 aromatic heterocycles. The predicted molar refractivity (Wildman–Crippen MR) is 134 cm³/mol. The molecule has 0 atom stereocenters. The van der Waals surface area contributed by atoms with Crippen LogP contribution < -0.4 is 14.8 Å². The van der Waals surface area contributed by atoms with Gasteiger partial charge in [0.15, 0.2) is 21.3 Å². The van der Waals surface area contributed by atoms with Crippen LogP contribution in [-0.2, 0) is 16.4 Å². The van der Waals surface area contributed by atoms with E-state index in [1.807, 2.05) is 11.0 Å². The molecule has 0 spiro atoms. The summed E-state index contributed by atoms with van der Waals surface area (Å²) in [5, 5.41) is 2.86. The average molecular weight is 506 g/mol. The van der Waals surface area contributed by atoms with Crippen LogP contribution in [0.5, 0.6) is 11.5 Å². The number of aliphatic imine (C=N–C) groups is 2. The fourth-order valence-electron chi connectivity index (χ4n) is 3.97. The number of hydrogen-bond donors (Lipinski definition) is 1. The van der Waals surface area contributed by atoms with Crippen LogP contribution in [0.15, 0.2) is 75.8 Å². The number of benzene rings is 2. The topological polar surface area (TPSA) is 123 Å². The van der Waals surface area contributed by atoms with Crippen molar-refractivity contribution in [3.05, 3.63) is 77.6 Å². The zero-order valence-electron chi connectivity index (χ0n) is 19.6. The van der Waals surface area contributed by atoms with Crippen molar-refractivity contribution in [1.82, 2.24) is 15.2 Å². The number of amides is 1. The van der Waals surface area contributed by atoms with Crippen LogP contribution in [0.2, 0.25) is 0 Å². The molecule has 0 saturated carbocycles. The summed E-state index contributed by atoms with van der Waals surface area (Å²) in [7, 11) is -1.75. The van der Waals surface area contributed by atoms with Gasteiger partial charge in [0.1, 0.15) is 18.1 Å². The molecule has 0 fully saturated rings. The maximum Gasteiger partial charge on any atom is 0.259 e. The third-order valence-electron chi connectivity index (χ3n) is 5.75. The first-order valence-corrected chi connectivity index (χ1v) is 13.0. The Hall–Kier alpha value is -4.25. The summed E-state index contributed by atoms with van der Waals surface area (Å²) in [4.78, 5) is 28.2. The van der Waals surface area contributed by atoms with Gasteiger partial charge in [-0.1, -0.05) is 12.1 Å². The molecule has 3 aromatic rings. The highest BCUT2D eigenvalue weighted by Crippen LogP contribution is 2.43. The van der Waals surface area contributed by atoms with Gasteiger partial charge >= 0.3 is 0 Å². The molecule has 2 aromatic carbocycles. The van der Waals surface area contributed by atoms with E-state index in [0.29, 0.717) is 47.6 Å². The molecule has 0 unspecified atom stereocenters. The Morgan fingerprint density at radius 1 is 1.14 bits per heavy atom. The molecule has 5 rings (SSSR count). The van der Waals surface area contributed by atoms with Crippen molar-refractivity contribution < 1.29 is 22.7 Å². The van der Waals surface area contributed by atoms with Crippen molar-refractivity contribution in [2.75, 3.05) is 26.5 Å². The van der Waals surface area contributed by atoms with Gasteiger partial charge in [-0.2, -0.15) is 0 Å². The van der Waals surface area contributed by atoms with Crippen LogP contribution in [0.4, 0.5) is 5.69 Å². The van der Waals surface area contributed by atoms with E-state index in [9.17, 15) is 13.2 Å². The van der Waals surface area contributed by atoms with Crippen molar-refractivity contribution >= 4 is 33.2 Å². The molecule has 0 bridgehead atoms. The Balaban J connectivity index is 1.44. The summed E-state index contributed by atoms with van der Waals surface area (Å²) in [5.74, 6) is 1.57. The first-order valence-electron chi connectivity index (χ1n) is 11.1. The Labute approximate surface area is 208 Å². The first-order chi connectivity index (χ1) is 17.3. The lowest BCUT2D eigenvalue weighted by molar-refractivity contribution is 0.0973. The largest absolute Gasteiger partial charge is 0.491 e. The molecule has 1 amide bonds. The fraction of sp³-hybridized carbons (Fsp3) is 0.200. The van der Waals surface area contributed by atoms with E-state index in [-0.39, 0.29) is 17.4 Å². The summed E-state index contributed by atoms with van der Waals surface area (Å²) in [6.45, 7) is 1.35. The number of sulfone groups is 1. The number of nitrogens with one attached hydrogen (secondary N) is 1. The van der Waals surface area contributed by atoms with Crippen LogP contribution in [0, 0.1) is 0 Å². The number of carbonyl (C=O) groups excluding carboxylic acids is 1. The third-order valence-corrected chi connectivity index (χ3v) is 6.88. The summed E-state index contributed by atoms with van der Waals surface area (Å²) in [6, 6.07) is 13.5. The smallest absolute Gasteiger partial charge is 0.259 e. The number of amidine groups is 1. The molecule has 2 aliphatic rings. The molecule has 0 aliphatic carbocycles. The van der Waals surface area contributed by atoms with E-state index in [2.05, 4.69) is 15.3 Å². The number of methoxy groups -OCH3 is 1. The quantitative estimate of drug-likeness (QED) is 0.546. The highest BCUT2D eigenvalue weighted by molar-refractivity contribution is 7.90. The molecular weight excluding hydrogens is 482 g/mol. The normalized spacial score (nSPS) is 14.3. The monoisotopic (exact) mass is 505 g/mol. The second-order valence-electron chi connectivity index (χ2n) is 8.19. The van der Waals surface area contributed by atoms with Gasteiger partial charge in [0.2, 0.25) is 5.96 Å². The Bertz CT molecular complexity index is 1490. The van der Waals surface area contributed by atoms with Gasteiger partial charge in [-0.05, 0) is 42.0 Å². The van der Waals surface area contributed by atoms with Crippen molar-refractivity contribution in [3.8, 4) is 11.5 Å². The summed E-state index contributed by atoms with van der Waals surface area (Å²) < 4.78 is 35.1. The number of fused-ring (bicyclic) bond motifs is 3. The van der Waals surface area contributed by atoms with Gasteiger partial charge in [0.25, 0.3) is 5.91 Å². The number of ether oxygens (including phenoxy) is 2. The molecule has 2 aliphatic heterocycles. The van der Waals surface area contributed by atoms with Crippen LogP contribution in [0.25, 0.3) is 0 Å². The Kier molecular flexibility index (Phi) is 6.15. The van der Waals surface area contributed by atoms with E-state index in [1.54, 1.807) is 48.7 Å². The van der Waals surface area contributed by atoms with Gasteiger partial charge in [0.05, 0.1) is 24.1 Å². The molecule has 11 heteroatoms. The lowest BCUT2D eigenvalue weighted by Crippen LogP contribution is -2.47. The standard InChI is InChI=1S/C25H23N5O5S/c1-34-22-20(35-15-16-5-7-18(8-6-16)36(2,32)33)10-9-19-21(22)28-25(30-13-12-27-23(19)30)29-24(31)17-4-3-11-26-14-17/h3-11,14H,12-13,15H2,1-2H3,(H,28,29,31). The molecular formula is C25H23N5O5S. The van der Waals surface area contributed by atoms with E-state index in [0.717, 1.165) is 11.1 Å². The molecule has 1 N–H and O–H groups in total. The SMILES string of the molecule is COc1c(OCc2ccc(S(C)(=O)=O)cc2)ccc2c1N=C(NC(=O)c1cccnc1)N1CCN=C21. The number of aromatic nitrogens is 1. The maximum atomic E-state index is 12.8. The minimum absolute atomic E-state index is 0.195. The van der Waals surface area contributed by atoms with Crippen molar-refractivity contribution in [2.24, 2.45) is 9.98 Å². The average Bonchev–Trinajstić information content (AvgIpc) is 3.38. The highest BCUT2D eigenvalue weighted by atomic mass is 32.2. The minimum atomic E-state index is -3.27. The Morgan fingerprint density at radius 2 is 1.94 bits per heavy atom. The number of carbonyl (C=O) groups is 1. The number of pyridine rings is 1. The van der Waals surface area contributed by atoms with Crippen molar-refractivity contribution in [2.45, 2.75) is 11.5 Å². The van der Waals surface area contributed by atoms with Gasteiger partial charge in [-0.3, -0.25) is 25.0 Å². The zero-order chi connectivity index (χ0) is 25.3. The van der Waals surface area contributed by atoms with Crippen LogP contribution in [-0.4, -0.2) is 62.5 Å². The zero-order valence-corrected chi connectivity index (χ0v) is 20.4. The van der Waals surface area contributed by atoms with Crippen molar-refractivity contribution in [1.29, 1.82) is 0 Å². The van der Waals surface area contributed by atoms with E-state index in [4.69, 9.17) is 14.5 Å². The fourth-order valence-corrected chi connectivity index (χ4v) is 4.60. The number of rotatable bonds is 6. The van der Waals surface area contributed by atoms with Crippen LogP contribution in [0.3, 0.4) is 0 Å². The first kappa shape index (κ1) is 23.5. The summed E-state index contributed by atoms with van der Waals surface area (Å²) >= 11 is 0. The third kappa shape index (κ3) is 4.52. The second-order valence-corrected chi connectivity index (χ2v) is 10.2. The number of guanidine groups is 1. The van der Waals surface area contributed by atoms with E-state index in [1.165, 1.54) is 19.6 Å². The van der Waals surface area contributed by atoms with Gasteiger partial charge in [-0.15, -0.1) is 0 Å². The lowest BCUT2D eigenvalue weighted by atomic mass is 10.1. The van der Waals surface area contributed by atoms with E-state index < -0.39 is 9.84 Å². The molecule has 10 nitrogen and oxygen atoms in total. The Morgan fingerprint density at radius 3 is 2.64 bits per heavy atom. The van der Waals surface area contributed by atoms with Gasteiger partial charge in [-0.25, -0.2) is 13.4 Å². The minimum Gasteiger partial charge on any atom is -0.491 e. The molecule has 184 valence electrons. The lowest BCUT2D eigenvalue weighted by Gasteiger charge is -2.28. The summed E-state index contributed by atoms with van der Waals surface area (Å²) in [5.41, 5.74) is 2.48. The molecule has 36 heavy (non-hydrogen) atoms. The van der Waals surface area contributed by atoms with Crippen LogP contribution in [0.1, 0.15) is 21.5 Å². The maximum absolute atomic E-state index is 12.8. The number of hydrogen-bond acceptors (Lipinski definition) is 9.